The summed E-state index contributed by atoms with van der Waals surface area (Å²) >= 11 is 0. The minimum absolute atomic E-state index is 0.203. The van der Waals surface area contributed by atoms with Crippen LogP contribution in [0.25, 0.3) is 21.8 Å². The molecule has 26 heavy (non-hydrogen) atoms. The Kier molecular flexibility index (Phi) is 3.60. The lowest BCUT2D eigenvalue weighted by Gasteiger charge is -2.16. The smallest absolute Gasteiger partial charge is 0.243 e. The van der Waals surface area contributed by atoms with E-state index in [0.717, 1.165) is 0 Å². The van der Waals surface area contributed by atoms with Crippen LogP contribution in [-0.4, -0.2) is 11.7 Å². The maximum absolute atomic E-state index is 3.67. The highest BCUT2D eigenvalue weighted by Crippen LogP contribution is 2.24. The van der Waals surface area contributed by atoms with E-state index in [2.05, 4.69) is 108 Å². The molecule has 0 spiro atoms. The molecule has 1 N–H and O–H groups in total. The molecule has 0 fully saturated rings. The first kappa shape index (κ1) is 15.0. The van der Waals surface area contributed by atoms with Gasteiger partial charge in [-0.05, 0) is 11.5 Å². The topological polar surface area (TPSA) is 15.8 Å². The maximum atomic E-state index is 3.67. The summed E-state index contributed by atoms with van der Waals surface area (Å²) in [5.74, 6) is 0. The highest BCUT2D eigenvalue weighted by atomic mass is 14.7. The summed E-state index contributed by atoms with van der Waals surface area (Å²) < 4.78 is 0. The highest BCUT2D eigenvalue weighted by molar-refractivity contribution is 6.96. The monoisotopic (exact) mass is 331 g/mol. The fourth-order valence-corrected chi connectivity index (χ4v) is 3.98. The largest absolute Gasteiger partial charge is 0.355 e. The first-order valence-corrected chi connectivity index (χ1v) is 9.01. The van der Waals surface area contributed by atoms with Crippen molar-refractivity contribution in [2.45, 2.75) is 0 Å². The minimum Gasteiger partial charge on any atom is -0.355 e. The number of aromatic amines is 1. The molecule has 0 aliphatic heterocycles. The number of para-hydroxylation sites is 2. The summed E-state index contributed by atoms with van der Waals surface area (Å²) in [5, 5.41) is 2.57. The van der Waals surface area contributed by atoms with E-state index in [9.17, 15) is 0 Å². The van der Waals surface area contributed by atoms with Gasteiger partial charge in [-0.2, -0.15) is 0 Å². The molecular formula is C24H18BN. The summed E-state index contributed by atoms with van der Waals surface area (Å²) in [7, 11) is 0. The number of rotatable bonds is 3. The molecule has 0 saturated carbocycles. The molecule has 0 aliphatic rings. The van der Waals surface area contributed by atoms with E-state index in [1.807, 2.05) is 0 Å². The second-order valence-electron chi connectivity index (χ2n) is 6.69. The molecule has 0 atom stereocenters. The van der Waals surface area contributed by atoms with Gasteiger partial charge in [-0.25, -0.2) is 0 Å². The van der Waals surface area contributed by atoms with Crippen LogP contribution in [0, 0.1) is 0 Å². The molecule has 0 saturated heterocycles. The number of fused-ring (bicyclic) bond motifs is 3. The molecule has 122 valence electrons. The van der Waals surface area contributed by atoms with Crippen LogP contribution in [0.4, 0.5) is 0 Å². The standard InChI is InChI=1S/C24H18BN/c1-3-10-18(11-4-1)25(19-12-5-2-6-13-19)22-16-9-15-21-20-14-7-8-17-23(20)26-24(21)22/h1-17,26H. The molecule has 0 radical (unpaired) electrons. The maximum Gasteiger partial charge on any atom is 0.243 e. The van der Waals surface area contributed by atoms with Gasteiger partial charge in [0.25, 0.3) is 0 Å². The number of benzene rings is 4. The van der Waals surface area contributed by atoms with Gasteiger partial charge in [0.05, 0.1) is 0 Å². The van der Waals surface area contributed by atoms with Crippen molar-refractivity contribution in [1.29, 1.82) is 0 Å². The lowest BCUT2D eigenvalue weighted by atomic mass is 9.36. The Morgan fingerprint density at radius 3 is 1.77 bits per heavy atom. The van der Waals surface area contributed by atoms with Crippen LogP contribution in [0.3, 0.4) is 0 Å². The summed E-state index contributed by atoms with van der Waals surface area (Å²) in [6.07, 6.45) is 0. The van der Waals surface area contributed by atoms with Gasteiger partial charge in [0.1, 0.15) is 0 Å². The van der Waals surface area contributed by atoms with Crippen molar-refractivity contribution in [3.63, 3.8) is 0 Å². The molecule has 0 bridgehead atoms. The zero-order valence-corrected chi connectivity index (χ0v) is 14.4. The Labute approximate surface area is 153 Å². The van der Waals surface area contributed by atoms with E-state index in [-0.39, 0.29) is 6.71 Å². The predicted molar refractivity (Wildman–Crippen MR) is 113 cm³/mol. The third kappa shape index (κ3) is 2.43. The van der Waals surface area contributed by atoms with Crippen LogP contribution in [-0.2, 0) is 0 Å². The third-order valence-corrected chi connectivity index (χ3v) is 5.15. The quantitative estimate of drug-likeness (QED) is 0.484. The molecule has 0 unspecified atom stereocenters. The molecule has 1 aromatic heterocycles. The molecule has 1 heterocycles. The van der Waals surface area contributed by atoms with Gasteiger partial charge >= 0.3 is 0 Å². The van der Waals surface area contributed by atoms with Crippen molar-refractivity contribution in [3.05, 3.63) is 103 Å². The van der Waals surface area contributed by atoms with E-state index in [0.29, 0.717) is 0 Å². The zero-order valence-electron chi connectivity index (χ0n) is 14.4. The molecule has 1 nitrogen and oxygen atoms in total. The van der Waals surface area contributed by atoms with Gasteiger partial charge in [-0.3, -0.25) is 0 Å². The van der Waals surface area contributed by atoms with Gasteiger partial charge in [0.2, 0.25) is 6.71 Å². The molecule has 4 aromatic carbocycles. The van der Waals surface area contributed by atoms with Gasteiger partial charge < -0.3 is 4.98 Å². The van der Waals surface area contributed by atoms with Crippen LogP contribution >= 0.6 is 0 Å². The Balaban J connectivity index is 1.82. The average molecular weight is 331 g/mol. The van der Waals surface area contributed by atoms with E-state index < -0.39 is 0 Å². The molecule has 0 amide bonds. The van der Waals surface area contributed by atoms with Crippen molar-refractivity contribution in [2.75, 3.05) is 0 Å². The summed E-state index contributed by atoms with van der Waals surface area (Å²) in [6, 6.07) is 36.7. The Hall–Kier alpha value is -3.26. The van der Waals surface area contributed by atoms with Crippen molar-refractivity contribution in [2.24, 2.45) is 0 Å². The summed E-state index contributed by atoms with van der Waals surface area (Å²) in [5.41, 5.74) is 6.35. The molecule has 5 aromatic rings. The summed E-state index contributed by atoms with van der Waals surface area (Å²) in [6.45, 7) is 0.203. The molecular weight excluding hydrogens is 313 g/mol. The normalized spacial score (nSPS) is 11.1. The van der Waals surface area contributed by atoms with E-state index in [1.54, 1.807) is 0 Å². The Morgan fingerprint density at radius 1 is 0.500 bits per heavy atom. The third-order valence-electron chi connectivity index (χ3n) is 5.15. The van der Waals surface area contributed by atoms with Crippen molar-refractivity contribution < 1.29 is 0 Å². The van der Waals surface area contributed by atoms with Crippen LogP contribution in [0.15, 0.2) is 103 Å². The van der Waals surface area contributed by atoms with Gasteiger partial charge in [-0.1, -0.05) is 108 Å². The van der Waals surface area contributed by atoms with E-state index >= 15 is 0 Å². The number of hydrogen-bond acceptors (Lipinski definition) is 0. The van der Waals surface area contributed by atoms with E-state index in [1.165, 1.54) is 38.2 Å². The van der Waals surface area contributed by atoms with Gasteiger partial charge in [-0.15, -0.1) is 0 Å². The van der Waals surface area contributed by atoms with Crippen molar-refractivity contribution >= 4 is 44.9 Å². The van der Waals surface area contributed by atoms with Gasteiger partial charge in [0, 0.05) is 21.8 Å². The van der Waals surface area contributed by atoms with Crippen molar-refractivity contribution in [1.82, 2.24) is 4.98 Å². The number of nitrogens with one attached hydrogen (secondary N) is 1. The lowest BCUT2D eigenvalue weighted by molar-refractivity contribution is 1.56. The second kappa shape index (κ2) is 6.23. The van der Waals surface area contributed by atoms with Gasteiger partial charge in [0.15, 0.2) is 0 Å². The van der Waals surface area contributed by atoms with Crippen LogP contribution < -0.4 is 16.4 Å². The van der Waals surface area contributed by atoms with Crippen LogP contribution in [0.1, 0.15) is 0 Å². The summed E-state index contributed by atoms with van der Waals surface area (Å²) in [4.78, 5) is 3.67. The zero-order chi connectivity index (χ0) is 17.3. The first-order chi connectivity index (χ1) is 12.9. The van der Waals surface area contributed by atoms with Crippen molar-refractivity contribution in [3.8, 4) is 0 Å². The minimum atomic E-state index is 0.203. The average Bonchev–Trinajstić information content (AvgIpc) is 3.10. The molecule has 0 aliphatic carbocycles. The SMILES string of the molecule is c1ccc(B(c2ccccc2)c2cccc3c2[nH]c2ccccc23)cc1. The predicted octanol–water partition coefficient (Wildman–Crippen LogP) is 3.84. The molecule has 2 heteroatoms. The first-order valence-electron chi connectivity index (χ1n) is 9.01. The van der Waals surface area contributed by atoms with Crippen LogP contribution in [0.2, 0.25) is 0 Å². The number of H-pyrrole nitrogens is 1. The number of hydrogen-bond donors (Lipinski definition) is 1. The van der Waals surface area contributed by atoms with E-state index in [4.69, 9.17) is 0 Å². The molecule has 5 rings (SSSR count). The lowest BCUT2D eigenvalue weighted by Crippen LogP contribution is -2.52. The fourth-order valence-electron chi connectivity index (χ4n) is 3.98. The highest BCUT2D eigenvalue weighted by Gasteiger charge is 2.24. The van der Waals surface area contributed by atoms with Crippen LogP contribution in [0.5, 0.6) is 0 Å². The second-order valence-corrected chi connectivity index (χ2v) is 6.69. The Morgan fingerprint density at radius 2 is 1.08 bits per heavy atom. The number of aromatic nitrogens is 1. The Bertz CT molecular complexity index is 1140. The fraction of sp³-hybridized carbons (Fsp3) is 0.